The number of allylic oxidation sites excluding steroid dienone is 1. The van der Waals surface area contributed by atoms with Gasteiger partial charge in [-0.2, -0.15) is 0 Å². The molecule has 2 aromatic rings. The lowest BCUT2D eigenvalue weighted by Crippen LogP contribution is -1.99. The summed E-state index contributed by atoms with van der Waals surface area (Å²) in [6, 6.07) is 13.8. The summed E-state index contributed by atoms with van der Waals surface area (Å²) >= 11 is 0. The van der Waals surface area contributed by atoms with Crippen LogP contribution in [-0.2, 0) is 9.84 Å². The molecule has 0 aliphatic rings. The second-order valence-electron chi connectivity index (χ2n) is 4.90. The number of hydrogen-bond acceptors (Lipinski definition) is 3. The molecule has 0 aliphatic heterocycles. The molecule has 4 heteroatoms. The Hall–Kier alpha value is -2.20. The van der Waals surface area contributed by atoms with Gasteiger partial charge in [-0.1, -0.05) is 35.9 Å². The fourth-order valence-electron chi connectivity index (χ4n) is 1.81. The monoisotopic (exact) mass is 300 g/mol. The molecule has 0 amide bonds. The molecule has 0 spiro atoms. The Morgan fingerprint density at radius 3 is 2.05 bits per heavy atom. The molecule has 0 saturated heterocycles. The van der Waals surface area contributed by atoms with Gasteiger partial charge in [-0.15, -0.1) is 0 Å². The van der Waals surface area contributed by atoms with E-state index in [9.17, 15) is 13.2 Å². The molecule has 2 aromatic carbocycles. The summed E-state index contributed by atoms with van der Waals surface area (Å²) in [5, 5.41) is 0. The Labute approximate surface area is 124 Å². The topological polar surface area (TPSA) is 51.2 Å². The summed E-state index contributed by atoms with van der Waals surface area (Å²) in [6.07, 6.45) is 4.37. The van der Waals surface area contributed by atoms with E-state index in [0.717, 1.165) is 17.4 Å². The van der Waals surface area contributed by atoms with Gasteiger partial charge in [0.15, 0.2) is 15.6 Å². The zero-order chi connectivity index (χ0) is 15.5. The number of sulfone groups is 1. The zero-order valence-corrected chi connectivity index (χ0v) is 12.7. The van der Waals surface area contributed by atoms with Crippen molar-refractivity contribution in [1.29, 1.82) is 0 Å². The standard InChI is InChI=1S/C17H16O3S/c1-13-3-5-14(6-4-13)7-12-17(18)15-8-10-16(11-9-15)21(2,19)20/h3-12H,1-2H3. The molecule has 0 heterocycles. The lowest BCUT2D eigenvalue weighted by atomic mass is 10.1. The first-order valence-corrected chi connectivity index (χ1v) is 8.34. The van der Waals surface area contributed by atoms with E-state index in [1.807, 2.05) is 31.2 Å². The van der Waals surface area contributed by atoms with Crippen molar-refractivity contribution in [2.75, 3.05) is 6.26 Å². The normalized spacial score (nSPS) is 11.7. The molecule has 0 atom stereocenters. The largest absolute Gasteiger partial charge is 0.289 e. The first-order valence-electron chi connectivity index (χ1n) is 6.45. The second-order valence-corrected chi connectivity index (χ2v) is 6.92. The molecule has 0 bridgehead atoms. The van der Waals surface area contributed by atoms with Crippen molar-refractivity contribution in [3.05, 3.63) is 71.3 Å². The maximum absolute atomic E-state index is 12.0. The second kappa shape index (κ2) is 6.06. The van der Waals surface area contributed by atoms with Crippen LogP contribution >= 0.6 is 0 Å². The van der Waals surface area contributed by atoms with Crippen LogP contribution in [0, 0.1) is 6.92 Å². The highest BCUT2D eigenvalue weighted by molar-refractivity contribution is 7.90. The third-order valence-electron chi connectivity index (χ3n) is 3.07. The van der Waals surface area contributed by atoms with E-state index in [1.54, 1.807) is 6.08 Å². The number of ketones is 1. The number of rotatable bonds is 4. The van der Waals surface area contributed by atoms with Gasteiger partial charge in [0.1, 0.15) is 0 Å². The van der Waals surface area contributed by atoms with Gasteiger partial charge >= 0.3 is 0 Å². The smallest absolute Gasteiger partial charge is 0.185 e. The number of carbonyl (C=O) groups is 1. The van der Waals surface area contributed by atoms with E-state index >= 15 is 0 Å². The molecule has 108 valence electrons. The molecular weight excluding hydrogens is 284 g/mol. The summed E-state index contributed by atoms with van der Waals surface area (Å²) in [4.78, 5) is 12.2. The Kier molecular flexibility index (Phi) is 4.38. The summed E-state index contributed by atoms with van der Waals surface area (Å²) in [7, 11) is -3.23. The van der Waals surface area contributed by atoms with E-state index < -0.39 is 9.84 Å². The third kappa shape index (κ3) is 4.13. The molecule has 21 heavy (non-hydrogen) atoms. The molecule has 0 unspecified atom stereocenters. The van der Waals surface area contributed by atoms with Gasteiger partial charge in [0, 0.05) is 11.8 Å². The highest BCUT2D eigenvalue weighted by Gasteiger charge is 2.08. The van der Waals surface area contributed by atoms with Crippen molar-refractivity contribution in [3.8, 4) is 0 Å². The van der Waals surface area contributed by atoms with Gasteiger partial charge in [0.2, 0.25) is 0 Å². The maximum atomic E-state index is 12.0. The van der Waals surface area contributed by atoms with Crippen LogP contribution < -0.4 is 0 Å². The molecule has 0 fully saturated rings. The SMILES string of the molecule is Cc1ccc(C=CC(=O)c2ccc(S(C)(=O)=O)cc2)cc1. The molecule has 0 aliphatic carbocycles. The van der Waals surface area contributed by atoms with Crippen LogP contribution in [0.15, 0.2) is 59.5 Å². The van der Waals surface area contributed by atoms with Crippen molar-refractivity contribution >= 4 is 21.7 Å². The number of aryl methyl sites for hydroxylation is 1. The fraction of sp³-hybridized carbons (Fsp3) is 0.118. The number of carbonyl (C=O) groups excluding carboxylic acids is 1. The van der Waals surface area contributed by atoms with Crippen LogP contribution in [0.5, 0.6) is 0 Å². The van der Waals surface area contributed by atoms with E-state index in [1.165, 1.54) is 30.3 Å². The van der Waals surface area contributed by atoms with Gasteiger partial charge in [-0.25, -0.2) is 8.42 Å². The van der Waals surface area contributed by atoms with Crippen molar-refractivity contribution in [1.82, 2.24) is 0 Å². The predicted molar refractivity (Wildman–Crippen MR) is 84.1 cm³/mol. The molecule has 0 aromatic heterocycles. The average molecular weight is 300 g/mol. The first kappa shape index (κ1) is 15.2. The lowest BCUT2D eigenvalue weighted by Gasteiger charge is -2.00. The molecule has 0 radical (unpaired) electrons. The van der Waals surface area contributed by atoms with Gasteiger partial charge in [0.05, 0.1) is 4.90 Å². The van der Waals surface area contributed by atoms with Crippen molar-refractivity contribution in [2.24, 2.45) is 0 Å². The van der Waals surface area contributed by atoms with E-state index in [0.29, 0.717) is 5.56 Å². The van der Waals surface area contributed by atoms with E-state index in [-0.39, 0.29) is 10.7 Å². The van der Waals surface area contributed by atoms with Crippen LogP contribution in [-0.4, -0.2) is 20.5 Å². The highest BCUT2D eigenvalue weighted by Crippen LogP contribution is 2.12. The molecule has 0 N–H and O–H groups in total. The molecular formula is C17H16O3S. The summed E-state index contributed by atoms with van der Waals surface area (Å²) in [6.45, 7) is 2.00. The van der Waals surface area contributed by atoms with Crippen LogP contribution in [0.3, 0.4) is 0 Å². The van der Waals surface area contributed by atoms with Crippen molar-refractivity contribution in [2.45, 2.75) is 11.8 Å². The van der Waals surface area contributed by atoms with Gasteiger partial charge in [0.25, 0.3) is 0 Å². The molecule has 2 rings (SSSR count). The number of benzene rings is 2. The summed E-state index contributed by atoms with van der Waals surface area (Å²) in [5.41, 5.74) is 2.57. The summed E-state index contributed by atoms with van der Waals surface area (Å²) < 4.78 is 22.7. The lowest BCUT2D eigenvalue weighted by molar-refractivity contribution is 0.104. The first-order chi connectivity index (χ1) is 9.86. The highest BCUT2D eigenvalue weighted by atomic mass is 32.2. The Morgan fingerprint density at radius 1 is 0.952 bits per heavy atom. The Bertz CT molecular complexity index is 768. The minimum atomic E-state index is -3.23. The van der Waals surface area contributed by atoms with Gasteiger partial charge in [-0.05, 0) is 42.8 Å². The van der Waals surface area contributed by atoms with E-state index in [4.69, 9.17) is 0 Å². The number of hydrogen-bond donors (Lipinski definition) is 0. The van der Waals surface area contributed by atoms with Gasteiger partial charge < -0.3 is 0 Å². The summed E-state index contributed by atoms with van der Waals surface area (Å²) in [5.74, 6) is -0.157. The van der Waals surface area contributed by atoms with Crippen LogP contribution in [0.4, 0.5) is 0 Å². The predicted octanol–water partition coefficient (Wildman–Crippen LogP) is 3.29. The Balaban J connectivity index is 2.15. The van der Waals surface area contributed by atoms with Crippen LogP contribution in [0.25, 0.3) is 6.08 Å². The molecule has 3 nitrogen and oxygen atoms in total. The van der Waals surface area contributed by atoms with Crippen LogP contribution in [0.1, 0.15) is 21.5 Å². The Morgan fingerprint density at radius 2 is 1.52 bits per heavy atom. The third-order valence-corrected chi connectivity index (χ3v) is 4.20. The minimum Gasteiger partial charge on any atom is -0.289 e. The van der Waals surface area contributed by atoms with E-state index in [2.05, 4.69) is 0 Å². The van der Waals surface area contributed by atoms with Crippen LogP contribution in [0.2, 0.25) is 0 Å². The quantitative estimate of drug-likeness (QED) is 0.643. The zero-order valence-electron chi connectivity index (χ0n) is 11.9. The molecule has 0 saturated carbocycles. The van der Waals surface area contributed by atoms with Gasteiger partial charge in [-0.3, -0.25) is 4.79 Å². The van der Waals surface area contributed by atoms with Crippen molar-refractivity contribution < 1.29 is 13.2 Å². The minimum absolute atomic E-state index is 0.157. The van der Waals surface area contributed by atoms with Crippen molar-refractivity contribution in [3.63, 3.8) is 0 Å². The average Bonchev–Trinajstić information content (AvgIpc) is 2.45. The fourth-order valence-corrected chi connectivity index (χ4v) is 2.44. The maximum Gasteiger partial charge on any atom is 0.185 e.